The Balaban J connectivity index is 1.38. The molecule has 164 valence electrons. The average Bonchev–Trinajstić information content (AvgIpc) is 3.11. The summed E-state index contributed by atoms with van der Waals surface area (Å²) < 4.78 is 51.3. The van der Waals surface area contributed by atoms with Crippen molar-refractivity contribution in [2.75, 3.05) is 11.5 Å². The van der Waals surface area contributed by atoms with E-state index in [-0.39, 0.29) is 22.4 Å². The number of fused-ring (bicyclic) bond motifs is 1. The van der Waals surface area contributed by atoms with Crippen LogP contribution in [-0.4, -0.2) is 44.4 Å². The molecule has 0 atom stereocenters. The fourth-order valence-corrected chi connectivity index (χ4v) is 7.14. The third kappa shape index (κ3) is 4.14. The second kappa shape index (κ2) is 7.72. The summed E-state index contributed by atoms with van der Waals surface area (Å²) in [6.45, 7) is 0. The van der Waals surface area contributed by atoms with Gasteiger partial charge in [-0.3, -0.25) is 0 Å². The molecule has 2 fully saturated rings. The topological polar surface area (TPSA) is 109 Å². The van der Waals surface area contributed by atoms with Crippen molar-refractivity contribution < 1.29 is 16.8 Å². The molecule has 5 rings (SSSR count). The first-order valence-electron chi connectivity index (χ1n) is 10.6. The first-order chi connectivity index (χ1) is 14.8. The molecule has 31 heavy (non-hydrogen) atoms. The Bertz CT molecular complexity index is 1310. The van der Waals surface area contributed by atoms with E-state index in [2.05, 4.69) is 20.8 Å². The highest BCUT2D eigenvalue weighted by molar-refractivity contribution is 7.91. The van der Waals surface area contributed by atoms with E-state index in [0.29, 0.717) is 18.8 Å². The van der Waals surface area contributed by atoms with E-state index in [9.17, 15) is 16.8 Å². The summed E-state index contributed by atoms with van der Waals surface area (Å²) in [4.78, 5) is 8.07. The van der Waals surface area contributed by atoms with E-state index in [4.69, 9.17) is 0 Å². The molecular weight excluding hydrogens is 434 g/mol. The van der Waals surface area contributed by atoms with Crippen LogP contribution in [0.15, 0.2) is 47.5 Å². The Morgan fingerprint density at radius 1 is 1.00 bits per heavy atom. The number of rotatable bonds is 5. The van der Waals surface area contributed by atoms with E-state index in [1.807, 2.05) is 18.2 Å². The van der Waals surface area contributed by atoms with Crippen LogP contribution in [0.2, 0.25) is 0 Å². The van der Waals surface area contributed by atoms with Gasteiger partial charge in [0, 0.05) is 23.3 Å². The van der Waals surface area contributed by atoms with Crippen LogP contribution in [-0.2, 0) is 19.9 Å². The van der Waals surface area contributed by atoms with Crippen molar-refractivity contribution >= 4 is 30.9 Å². The van der Waals surface area contributed by atoms with Crippen molar-refractivity contribution in [1.29, 1.82) is 0 Å². The molecule has 1 aromatic carbocycles. The van der Waals surface area contributed by atoms with Gasteiger partial charge < -0.3 is 4.98 Å². The predicted octanol–water partition coefficient (Wildman–Crippen LogP) is 3.35. The van der Waals surface area contributed by atoms with Crippen LogP contribution in [0.5, 0.6) is 0 Å². The molecule has 1 aliphatic carbocycles. The Hall–Kier alpha value is -2.23. The van der Waals surface area contributed by atoms with Gasteiger partial charge in [0.1, 0.15) is 15.5 Å². The molecule has 0 radical (unpaired) electrons. The third-order valence-corrected chi connectivity index (χ3v) is 9.70. The average molecular weight is 460 g/mol. The van der Waals surface area contributed by atoms with Crippen LogP contribution >= 0.6 is 0 Å². The first-order valence-corrected chi connectivity index (χ1v) is 13.9. The number of pyridine rings is 1. The minimum atomic E-state index is -3.70. The second-order valence-corrected chi connectivity index (χ2v) is 12.6. The Kier molecular flexibility index (Phi) is 5.15. The molecular formula is C22H25N3O4S2. The van der Waals surface area contributed by atoms with Gasteiger partial charge in [-0.2, -0.15) is 0 Å². The number of nitrogens with zero attached hydrogens (tertiary/aromatic N) is 1. The molecule has 1 aliphatic heterocycles. The van der Waals surface area contributed by atoms with Crippen LogP contribution in [0.1, 0.15) is 43.7 Å². The predicted molar refractivity (Wildman–Crippen MR) is 120 cm³/mol. The van der Waals surface area contributed by atoms with Gasteiger partial charge in [-0.1, -0.05) is 18.6 Å². The molecule has 2 aromatic heterocycles. The molecule has 0 unspecified atom stereocenters. The number of benzene rings is 1. The van der Waals surface area contributed by atoms with Crippen molar-refractivity contribution in [1.82, 2.24) is 14.7 Å². The molecule has 3 aromatic rings. The van der Waals surface area contributed by atoms with E-state index >= 15 is 0 Å². The number of nitrogens with one attached hydrogen (secondary N) is 2. The molecule has 0 spiro atoms. The molecule has 7 nitrogen and oxygen atoms in total. The summed E-state index contributed by atoms with van der Waals surface area (Å²) in [5, 5.41) is 1.04. The number of aromatic amines is 1. The SMILES string of the molecule is O=S1(=O)CCC(NS(=O)(=O)c2ccc(-c3ccnc4[nH]c(C5CCC5)cc34)cc2)CC1. The van der Waals surface area contributed by atoms with Gasteiger partial charge in [-0.25, -0.2) is 26.5 Å². The zero-order valence-electron chi connectivity index (χ0n) is 17.0. The van der Waals surface area contributed by atoms with Gasteiger partial charge in [-0.15, -0.1) is 0 Å². The number of hydrogen-bond donors (Lipinski definition) is 2. The first kappa shape index (κ1) is 20.7. The molecule has 9 heteroatoms. The van der Waals surface area contributed by atoms with Crippen molar-refractivity contribution in [3.63, 3.8) is 0 Å². The van der Waals surface area contributed by atoms with Crippen molar-refractivity contribution in [2.45, 2.75) is 49.0 Å². The standard InChI is InChI=1S/C22H25N3O4S2/c26-30(27)12-9-17(10-13-30)25-31(28,29)18-6-4-15(5-7-18)19-8-11-23-22-20(19)14-21(24-22)16-2-1-3-16/h4-8,11,14,16-17,25H,1-3,9-10,12-13H2,(H,23,24). The van der Waals surface area contributed by atoms with Crippen LogP contribution < -0.4 is 4.72 Å². The van der Waals surface area contributed by atoms with Crippen LogP contribution in [0.25, 0.3) is 22.2 Å². The van der Waals surface area contributed by atoms with Crippen LogP contribution in [0, 0.1) is 0 Å². The lowest BCUT2D eigenvalue weighted by atomic mass is 9.83. The fourth-order valence-electron chi connectivity index (χ4n) is 4.35. The number of H-pyrrole nitrogens is 1. The minimum absolute atomic E-state index is 0.0245. The summed E-state index contributed by atoms with van der Waals surface area (Å²) in [5.74, 6) is 0.628. The zero-order valence-corrected chi connectivity index (χ0v) is 18.7. The summed E-state index contributed by atoms with van der Waals surface area (Å²) in [7, 11) is -6.74. The van der Waals surface area contributed by atoms with E-state index in [1.165, 1.54) is 25.0 Å². The van der Waals surface area contributed by atoms with Gasteiger partial charge in [0.2, 0.25) is 10.0 Å². The number of sulfone groups is 1. The van der Waals surface area contributed by atoms with E-state index in [0.717, 1.165) is 22.2 Å². The van der Waals surface area contributed by atoms with Gasteiger partial charge >= 0.3 is 0 Å². The highest BCUT2D eigenvalue weighted by Crippen LogP contribution is 2.38. The number of sulfonamides is 1. The number of aromatic nitrogens is 2. The minimum Gasteiger partial charge on any atom is -0.343 e. The van der Waals surface area contributed by atoms with Gasteiger partial charge in [-0.05, 0) is 67.0 Å². The fraction of sp³-hybridized carbons (Fsp3) is 0.409. The second-order valence-electron chi connectivity index (χ2n) is 8.55. The Morgan fingerprint density at radius 3 is 2.35 bits per heavy atom. The summed E-state index contributed by atoms with van der Waals surface area (Å²) >= 11 is 0. The lowest BCUT2D eigenvalue weighted by Crippen LogP contribution is -2.40. The molecule has 0 bridgehead atoms. The molecule has 1 saturated carbocycles. The summed E-state index contributed by atoms with van der Waals surface area (Å²) in [6, 6.07) is 10.6. The number of hydrogen-bond acceptors (Lipinski definition) is 5. The highest BCUT2D eigenvalue weighted by Gasteiger charge is 2.27. The largest absolute Gasteiger partial charge is 0.343 e. The van der Waals surface area contributed by atoms with Crippen molar-refractivity contribution in [3.05, 3.63) is 48.3 Å². The molecule has 0 amide bonds. The third-order valence-electron chi connectivity index (χ3n) is 6.45. The summed E-state index contributed by atoms with van der Waals surface area (Å²) in [5.41, 5.74) is 4.01. The monoisotopic (exact) mass is 459 g/mol. The van der Waals surface area contributed by atoms with Gasteiger partial charge in [0.25, 0.3) is 0 Å². The van der Waals surface area contributed by atoms with E-state index < -0.39 is 19.9 Å². The maximum atomic E-state index is 12.8. The van der Waals surface area contributed by atoms with Crippen LogP contribution in [0.3, 0.4) is 0 Å². The normalized spacial score (nSPS) is 20.0. The quantitative estimate of drug-likeness (QED) is 0.608. The van der Waals surface area contributed by atoms with Crippen LogP contribution in [0.4, 0.5) is 0 Å². The smallest absolute Gasteiger partial charge is 0.240 e. The van der Waals surface area contributed by atoms with E-state index in [1.54, 1.807) is 18.3 Å². The Labute approximate surface area is 182 Å². The lowest BCUT2D eigenvalue weighted by Gasteiger charge is -2.23. The van der Waals surface area contributed by atoms with Crippen molar-refractivity contribution in [3.8, 4) is 11.1 Å². The maximum Gasteiger partial charge on any atom is 0.240 e. The van der Waals surface area contributed by atoms with Gasteiger partial charge in [0.05, 0.1) is 16.4 Å². The van der Waals surface area contributed by atoms with Gasteiger partial charge in [0.15, 0.2) is 0 Å². The molecule has 2 aliphatic rings. The molecule has 1 saturated heterocycles. The maximum absolute atomic E-state index is 12.8. The Morgan fingerprint density at radius 2 is 1.71 bits per heavy atom. The molecule has 3 heterocycles. The highest BCUT2D eigenvalue weighted by atomic mass is 32.2. The van der Waals surface area contributed by atoms with Crippen molar-refractivity contribution in [2.24, 2.45) is 0 Å². The lowest BCUT2D eigenvalue weighted by molar-refractivity contribution is 0.413. The zero-order chi connectivity index (χ0) is 21.6. The molecule has 2 N–H and O–H groups in total. The summed E-state index contributed by atoms with van der Waals surface area (Å²) in [6.07, 6.45) is 6.06.